The summed E-state index contributed by atoms with van der Waals surface area (Å²) in [7, 11) is 0. The molecule has 0 atom stereocenters. The Labute approximate surface area is 129 Å². The van der Waals surface area contributed by atoms with Gasteiger partial charge in [0.15, 0.2) is 0 Å². The Morgan fingerprint density at radius 2 is 1.86 bits per heavy atom. The lowest BCUT2D eigenvalue weighted by Gasteiger charge is -2.20. The van der Waals surface area contributed by atoms with Crippen LogP contribution in [0.15, 0.2) is 42.7 Å². The van der Waals surface area contributed by atoms with Gasteiger partial charge in [-0.15, -0.1) is 0 Å². The molecule has 0 aliphatic carbocycles. The first-order chi connectivity index (χ1) is 10.1. The molecule has 0 spiro atoms. The summed E-state index contributed by atoms with van der Waals surface area (Å²) in [5, 5.41) is 3.47. The average molecular weight is 304 g/mol. The molecule has 2 aromatic rings. The van der Waals surface area contributed by atoms with Crippen molar-refractivity contribution in [3.63, 3.8) is 0 Å². The zero-order chi connectivity index (χ0) is 15.2. The third kappa shape index (κ3) is 3.95. The second kappa shape index (κ2) is 7.09. The minimum absolute atomic E-state index is 0.182. The number of amides is 1. The van der Waals surface area contributed by atoms with Gasteiger partial charge in [0.05, 0.1) is 17.4 Å². The summed E-state index contributed by atoms with van der Waals surface area (Å²) in [5.74, 6) is -0.182. The lowest BCUT2D eigenvalue weighted by Crippen LogP contribution is -2.22. The van der Waals surface area contributed by atoms with Crippen LogP contribution in [0.5, 0.6) is 0 Å². The van der Waals surface area contributed by atoms with Crippen molar-refractivity contribution < 1.29 is 4.79 Å². The predicted octanol–water partition coefficient (Wildman–Crippen LogP) is 3.83. The second-order valence-corrected chi connectivity index (χ2v) is 5.00. The zero-order valence-corrected chi connectivity index (χ0v) is 12.9. The molecule has 1 N–H and O–H groups in total. The molecule has 0 fully saturated rings. The summed E-state index contributed by atoms with van der Waals surface area (Å²) < 4.78 is 0. The van der Waals surface area contributed by atoms with Crippen LogP contribution in [0.3, 0.4) is 0 Å². The molecule has 0 aliphatic heterocycles. The summed E-state index contributed by atoms with van der Waals surface area (Å²) in [5.41, 5.74) is 2.19. The number of pyridine rings is 1. The summed E-state index contributed by atoms with van der Waals surface area (Å²) >= 11 is 5.82. The van der Waals surface area contributed by atoms with Gasteiger partial charge in [-0.1, -0.05) is 11.6 Å². The monoisotopic (exact) mass is 303 g/mol. The Morgan fingerprint density at radius 3 is 2.48 bits per heavy atom. The molecule has 0 saturated carbocycles. The molecule has 0 bridgehead atoms. The normalized spacial score (nSPS) is 10.2. The lowest BCUT2D eigenvalue weighted by atomic mass is 10.2. The Hall–Kier alpha value is -2.07. The van der Waals surface area contributed by atoms with Crippen LogP contribution >= 0.6 is 11.6 Å². The van der Waals surface area contributed by atoms with E-state index in [1.165, 1.54) is 0 Å². The van der Waals surface area contributed by atoms with Crippen molar-refractivity contribution in [1.82, 2.24) is 4.98 Å². The molecule has 0 saturated heterocycles. The zero-order valence-electron chi connectivity index (χ0n) is 12.1. The molecule has 1 amide bonds. The Balaban J connectivity index is 2.15. The van der Waals surface area contributed by atoms with Crippen molar-refractivity contribution in [3.8, 4) is 0 Å². The van der Waals surface area contributed by atoms with Crippen molar-refractivity contribution >= 4 is 28.9 Å². The molecular weight excluding hydrogens is 286 g/mol. The highest BCUT2D eigenvalue weighted by Crippen LogP contribution is 2.17. The minimum atomic E-state index is -0.182. The molecule has 5 heteroatoms. The maximum absolute atomic E-state index is 12.2. The molecule has 0 aliphatic rings. The molecule has 1 aromatic carbocycles. The van der Waals surface area contributed by atoms with Crippen molar-refractivity contribution in [2.24, 2.45) is 0 Å². The number of hydrogen-bond acceptors (Lipinski definition) is 3. The van der Waals surface area contributed by atoms with Gasteiger partial charge in [0, 0.05) is 30.0 Å². The van der Waals surface area contributed by atoms with Crippen LogP contribution in [-0.4, -0.2) is 24.0 Å². The van der Waals surface area contributed by atoms with Crippen LogP contribution in [0.25, 0.3) is 0 Å². The van der Waals surface area contributed by atoms with Gasteiger partial charge >= 0.3 is 0 Å². The number of carbonyl (C=O) groups is 1. The van der Waals surface area contributed by atoms with E-state index in [0.717, 1.165) is 18.8 Å². The molecule has 0 unspecified atom stereocenters. The van der Waals surface area contributed by atoms with Crippen LogP contribution in [0.1, 0.15) is 24.2 Å². The first-order valence-electron chi connectivity index (χ1n) is 6.91. The van der Waals surface area contributed by atoms with Gasteiger partial charge in [-0.2, -0.15) is 0 Å². The van der Waals surface area contributed by atoms with Crippen LogP contribution in [-0.2, 0) is 0 Å². The molecule has 4 nitrogen and oxygen atoms in total. The third-order valence-electron chi connectivity index (χ3n) is 3.22. The predicted molar refractivity (Wildman–Crippen MR) is 87.2 cm³/mol. The van der Waals surface area contributed by atoms with Crippen molar-refractivity contribution in [3.05, 3.63) is 53.3 Å². The van der Waals surface area contributed by atoms with Crippen LogP contribution in [0.4, 0.5) is 11.4 Å². The van der Waals surface area contributed by atoms with Gasteiger partial charge < -0.3 is 10.2 Å². The number of halogens is 1. The number of benzene rings is 1. The Morgan fingerprint density at radius 1 is 1.19 bits per heavy atom. The SMILES string of the molecule is CCN(CC)c1cncc(C(=O)Nc2ccc(Cl)cc2)c1. The van der Waals surface area contributed by atoms with Crippen LogP contribution in [0.2, 0.25) is 5.02 Å². The maximum Gasteiger partial charge on any atom is 0.257 e. The standard InChI is InChI=1S/C16H18ClN3O/c1-3-20(4-2)15-9-12(10-18-11-15)16(21)19-14-7-5-13(17)6-8-14/h5-11H,3-4H2,1-2H3,(H,19,21). The van der Waals surface area contributed by atoms with Crippen molar-refractivity contribution in [2.75, 3.05) is 23.3 Å². The van der Waals surface area contributed by atoms with E-state index in [4.69, 9.17) is 11.6 Å². The van der Waals surface area contributed by atoms with E-state index in [-0.39, 0.29) is 5.91 Å². The number of rotatable bonds is 5. The average Bonchev–Trinajstić information content (AvgIpc) is 2.51. The Bertz CT molecular complexity index is 609. The van der Waals surface area contributed by atoms with E-state index in [1.54, 1.807) is 36.7 Å². The number of carbonyl (C=O) groups excluding carboxylic acids is 1. The highest BCUT2D eigenvalue weighted by Gasteiger charge is 2.10. The third-order valence-corrected chi connectivity index (χ3v) is 3.47. The van der Waals surface area contributed by atoms with E-state index in [2.05, 4.69) is 29.0 Å². The molecule has 1 aromatic heterocycles. The number of nitrogens with zero attached hydrogens (tertiary/aromatic N) is 2. The quantitative estimate of drug-likeness (QED) is 0.913. The molecule has 2 rings (SSSR count). The fraction of sp³-hybridized carbons (Fsp3) is 0.250. The van der Waals surface area contributed by atoms with E-state index in [0.29, 0.717) is 16.3 Å². The summed E-state index contributed by atoms with van der Waals surface area (Å²) in [6.07, 6.45) is 3.34. The Kier molecular flexibility index (Phi) is 5.17. The summed E-state index contributed by atoms with van der Waals surface area (Å²) in [6, 6.07) is 8.86. The maximum atomic E-state index is 12.2. The lowest BCUT2D eigenvalue weighted by molar-refractivity contribution is 0.102. The second-order valence-electron chi connectivity index (χ2n) is 4.57. The van der Waals surface area contributed by atoms with E-state index in [9.17, 15) is 4.79 Å². The molecule has 110 valence electrons. The fourth-order valence-electron chi connectivity index (χ4n) is 2.05. The first kappa shape index (κ1) is 15.3. The van der Waals surface area contributed by atoms with E-state index in [1.807, 2.05) is 6.07 Å². The van der Waals surface area contributed by atoms with Gasteiger partial charge in [0.1, 0.15) is 0 Å². The molecule has 21 heavy (non-hydrogen) atoms. The fourth-order valence-corrected chi connectivity index (χ4v) is 2.18. The highest BCUT2D eigenvalue weighted by molar-refractivity contribution is 6.30. The largest absolute Gasteiger partial charge is 0.371 e. The van der Waals surface area contributed by atoms with Gasteiger partial charge in [-0.3, -0.25) is 9.78 Å². The molecule has 0 radical (unpaired) electrons. The van der Waals surface area contributed by atoms with Gasteiger partial charge in [0.2, 0.25) is 0 Å². The smallest absolute Gasteiger partial charge is 0.257 e. The summed E-state index contributed by atoms with van der Waals surface area (Å²) in [4.78, 5) is 18.5. The van der Waals surface area contributed by atoms with Crippen molar-refractivity contribution in [2.45, 2.75) is 13.8 Å². The topological polar surface area (TPSA) is 45.2 Å². The molecule has 1 heterocycles. The highest BCUT2D eigenvalue weighted by atomic mass is 35.5. The number of anilines is 2. The van der Waals surface area contributed by atoms with Gasteiger partial charge in [-0.25, -0.2) is 0 Å². The van der Waals surface area contributed by atoms with Crippen LogP contribution in [0, 0.1) is 0 Å². The summed E-state index contributed by atoms with van der Waals surface area (Å²) in [6.45, 7) is 5.90. The first-order valence-corrected chi connectivity index (χ1v) is 7.28. The van der Waals surface area contributed by atoms with E-state index < -0.39 is 0 Å². The van der Waals surface area contributed by atoms with Gasteiger partial charge in [0.25, 0.3) is 5.91 Å². The van der Waals surface area contributed by atoms with Crippen LogP contribution < -0.4 is 10.2 Å². The number of nitrogens with one attached hydrogen (secondary N) is 1. The van der Waals surface area contributed by atoms with Crippen molar-refractivity contribution in [1.29, 1.82) is 0 Å². The minimum Gasteiger partial charge on any atom is -0.371 e. The number of hydrogen-bond donors (Lipinski definition) is 1. The molecular formula is C16H18ClN3O. The van der Waals surface area contributed by atoms with Gasteiger partial charge in [-0.05, 0) is 44.2 Å². The van der Waals surface area contributed by atoms with E-state index >= 15 is 0 Å². The number of aromatic nitrogens is 1.